The quantitative estimate of drug-likeness (QED) is 0.864. The van der Waals surface area contributed by atoms with E-state index in [1.807, 2.05) is 9.80 Å². The Bertz CT molecular complexity index is 626. The zero-order valence-corrected chi connectivity index (χ0v) is 14.9. The van der Waals surface area contributed by atoms with E-state index in [1.54, 1.807) is 0 Å². The Hall–Kier alpha value is -1.92. The van der Waals surface area contributed by atoms with Crippen molar-refractivity contribution >= 4 is 11.9 Å². The fraction of sp³-hybridized carbons (Fsp3) is 0.579. The predicted molar refractivity (Wildman–Crippen MR) is 95.2 cm³/mol. The molecule has 0 aliphatic carbocycles. The average Bonchev–Trinajstić information content (AvgIpc) is 3.04. The number of hydrogen-bond acceptors (Lipinski definition) is 4. The molecule has 136 valence electrons. The van der Waals surface area contributed by atoms with Crippen LogP contribution in [0.1, 0.15) is 17.5 Å². The fourth-order valence-electron chi connectivity index (χ4n) is 3.69. The first-order chi connectivity index (χ1) is 12.0. The number of piperazine rings is 1. The van der Waals surface area contributed by atoms with Gasteiger partial charge in [-0.1, -0.05) is 29.8 Å². The van der Waals surface area contributed by atoms with Crippen molar-refractivity contribution < 1.29 is 14.7 Å². The van der Waals surface area contributed by atoms with Crippen LogP contribution in [0.15, 0.2) is 24.3 Å². The number of carbonyl (C=O) groups excluding carboxylic acids is 1. The van der Waals surface area contributed by atoms with Crippen molar-refractivity contribution in [1.82, 2.24) is 14.7 Å². The van der Waals surface area contributed by atoms with E-state index in [2.05, 4.69) is 36.1 Å². The summed E-state index contributed by atoms with van der Waals surface area (Å²) in [5.41, 5.74) is 2.59. The van der Waals surface area contributed by atoms with Gasteiger partial charge >= 0.3 is 5.97 Å². The molecule has 1 unspecified atom stereocenters. The monoisotopic (exact) mass is 345 g/mol. The second-order valence-electron chi connectivity index (χ2n) is 7.20. The van der Waals surface area contributed by atoms with Crippen LogP contribution in [-0.2, 0) is 16.1 Å². The van der Waals surface area contributed by atoms with Gasteiger partial charge in [0.1, 0.15) is 0 Å². The van der Waals surface area contributed by atoms with Crippen molar-refractivity contribution in [2.24, 2.45) is 5.92 Å². The number of hydrogen-bond donors (Lipinski definition) is 1. The number of benzene rings is 1. The molecule has 2 saturated heterocycles. The molecule has 0 radical (unpaired) electrons. The van der Waals surface area contributed by atoms with Crippen LogP contribution in [0.2, 0.25) is 0 Å². The van der Waals surface area contributed by atoms with Gasteiger partial charge in [0.15, 0.2) is 0 Å². The lowest BCUT2D eigenvalue weighted by Crippen LogP contribution is -2.50. The number of carbonyl (C=O) groups is 2. The highest BCUT2D eigenvalue weighted by Crippen LogP contribution is 2.17. The van der Waals surface area contributed by atoms with E-state index in [0.29, 0.717) is 26.1 Å². The van der Waals surface area contributed by atoms with Gasteiger partial charge in [-0.3, -0.25) is 19.4 Å². The van der Waals surface area contributed by atoms with Crippen molar-refractivity contribution in [1.29, 1.82) is 0 Å². The van der Waals surface area contributed by atoms with Gasteiger partial charge in [-0.25, -0.2) is 0 Å². The molecular weight excluding hydrogens is 318 g/mol. The first kappa shape index (κ1) is 17.9. The lowest BCUT2D eigenvalue weighted by molar-refractivity contribution is -0.141. The van der Waals surface area contributed by atoms with Gasteiger partial charge in [0.2, 0.25) is 5.91 Å². The lowest BCUT2D eigenvalue weighted by Gasteiger charge is -2.35. The van der Waals surface area contributed by atoms with Crippen molar-refractivity contribution in [3.05, 3.63) is 35.4 Å². The van der Waals surface area contributed by atoms with Crippen LogP contribution in [0.5, 0.6) is 0 Å². The summed E-state index contributed by atoms with van der Waals surface area (Å²) in [5.74, 6) is -0.945. The molecule has 0 bridgehead atoms. The Morgan fingerprint density at radius 1 is 1.12 bits per heavy atom. The molecule has 0 saturated carbocycles. The number of carboxylic acid groups (broad SMARTS) is 1. The topological polar surface area (TPSA) is 64.1 Å². The van der Waals surface area contributed by atoms with Crippen LogP contribution < -0.4 is 0 Å². The van der Waals surface area contributed by atoms with Crippen LogP contribution in [0.4, 0.5) is 0 Å². The van der Waals surface area contributed by atoms with Gasteiger partial charge in [-0.15, -0.1) is 0 Å². The van der Waals surface area contributed by atoms with Crippen LogP contribution in [-0.4, -0.2) is 77.5 Å². The summed E-state index contributed by atoms with van der Waals surface area (Å²) in [5, 5.41) is 9.05. The maximum Gasteiger partial charge on any atom is 0.307 e. The zero-order valence-electron chi connectivity index (χ0n) is 14.9. The van der Waals surface area contributed by atoms with Gasteiger partial charge < -0.3 is 10.0 Å². The number of amides is 1. The normalized spacial score (nSPS) is 22.3. The van der Waals surface area contributed by atoms with Crippen LogP contribution in [0, 0.1) is 12.8 Å². The van der Waals surface area contributed by atoms with Crippen molar-refractivity contribution in [2.75, 3.05) is 45.8 Å². The van der Waals surface area contributed by atoms with E-state index < -0.39 is 5.97 Å². The van der Waals surface area contributed by atoms with E-state index in [1.165, 1.54) is 11.1 Å². The van der Waals surface area contributed by atoms with Crippen molar-refractivity contribution in [2.45, 2.75) is 19.9 Å². The summed E-state index contributed by atoms with van der Waals surface area (Å²) in [6, 6.07) is 8.55. The third kappa shape index (κ3) is 4.80. The minimum atomic E-state index is -0.750. The second kappa shape index (κ2) is 7.97. The molecule has 1 atom stereocenters. The molecule has 1 N–H and O–H groups in total. The van der Waals surface area contributed by atoms with Crippen molar-refractivity contribution in [3.8, 4) is 0 Å². The maximum absolute atomic E-state index is 12.5. The maximum atomic E-state index is 12.5. The van der Waals surface area contributed by atoms with E-state index >= 15 is 0 Å². The molecule has 1 aromatic rings. The summed E-state index contributed by atoms with van der Waals surface area (Å²) in [4.78, 5) is 29.7. The van der Waals surface area contributed by atoms with Gasteiger partial charge in [-0.05, 0) is 25.5 Å². The number of likely N-dealkylation sites (tertiary alicyclic amines) is 1. The van der Waals surface area contributed by atoms with Crippen LogP contribution in [0.25, 0.3) is 0 Å². The Morgan fingerprint density at radius 2 is 1.88 bits per heavy atom. The molecule has 2 aliphatic rings. The molecule has 2 aliphatic heterocycles. The molecule has 0 aromatic heterocycles. The van der Waals surface area contributed by atoms with E-state index in [-0.39, 0.29) is 11.8 Å². The Morgan fingerprint density at radius 3 is 2.52 bits per heavy atom. The molecule has 1 amide bonds. The first-order valence-electron chi connectivity index (χ1n) is 9.02. The fourth-order valence-corrected chi connectivity index (χ4v) is 3.69. The number of aliphatic carboxylic acids is 1. The lowest BCUT2D eigenvalue weighted by atomic mass is 10.1. The van der Waals surface area contributed by atoms with E-state index in [4.69, 9.17) is 5.11 Å². The van der Waals surface area contributed by atoms with E-state index in [9.17, 15) is 9.59 Å². The largest absolute Gasteiger partial charge is 0.481 e. The molecule has 1 aromatic carbocycles. The standard InChI is InChI=1S/C19H27N3O3/c1-15-3-2-4-16(11-15)12-20-7-9-22(10-8-20)18(23)14-21-6-5-17(13-21)19(24)25/h2-4,11,17H,5-10,12-14H2,1H3,(H,24,25). The minimum absolute atomic E-state index is 0.126. The summed E-state index contributed by atoms with van der Waals surface area (Å²) >= 11 is 0. The number of aryl methyl sites for hydroxylation is 1. The van der Waals surface area contributed by atoms with Crippen LogP contribution in [0.3, 0.4) is 0 Å². The van der Waals surface area contributed by atoms with Gasteiger partial charge in [-0.2, -0.15) is 0 Å². The molecule has 2 heterocycles. The Balaban J connectivity index is 1.42. The van der Waals surface area contributed by atoms with Crippen LogP contribution >= 0.6 is 0 Å². The summed E-state index contributed by atoms with van der Waals surface area (Å²) in [7, 11) is 0. The first-order valence-corrected chi connectivity index (χ1v) is 9.02. The highest BCUT2D eigenvalue weighted by Gasteiger charge is 2.30. The highest BCUT2D eigenvalue weighted by molar-refractivity contribution is 5.78. The number of rotatable bonds is 5. The Labute approximate surface area is 149 Å². The second-order valence-corrected chi connectivity index (χ2v) is 7.20. The summed E-state index contributed by atoms with van der Waals surface area (Å²) in [6.45, 7) is 7.85. The molecule has 6 heteroatoms. The minimum Gasteiger partial charge on any atom is -0.481 e. The van der Waals surface area contributed by atoms with Crippen molar-refractivity contribution in [3.63, 3.8) is 0 Å². The molecule has 6 nitrogen and oxygen atoms in total. The highest BCUT2D eigenvalue weighted by atomic mass is 16.4. The van der Waals surface area contributed by atoms with Gasteiger partial charge in [0.05, 0.1) is 12.5 Å². The van der Waals surface area contributed by atoms with Gasteiger partial charge in [0.25, 0.3) is 0 Å². The molecule has 3 rings (SSSR count). The Kier molecular flexibility index (Phi) is 5.71. The number of carboxylic acids is 1. The molecular formula is C19H27N3O3. The SMILES string of the molecule is Cc1cccc(CN2CCN(C(=O)CN3CCC(C(=O)O)C3)CC2)c1. The molecule has 0 spiro atoms. The molecule has 25 heavy (non-hydrogen) atoms. The summed E-state index contributed by atoms with van der Waals surface area (Å²) in [6.07, 6.45) is 0.646. The molecule has 2 fully saturated rings. The zero-order chi connectivity index (χ0) is 17.8. The summed E-state index contributed by atoms with van der Waals surface area (Å²) < 4.78 is 0. The number of nitrogens with zero attached hydrogens (tertiary/aromatic N) is 3. The third-order valence-electron chi connectivity index (χ3n) is 5.19. The third-order valence-corrected chi connectivity index (χ3v) is 5.19. The smallest absolute Gasteiger partial charge is 0.307 e. The average molecular weight is 345 g/mol. The predicted octanol–water partition coefficient (Wildman–Crippen LogP) is 1.05. The van der Waals surface area contributed by atoms with Gasteiger partial charge in [0, 0.05) is 39.3 Å². The van der Waals surface area contributed by atoms with E-state index in [0.717, 1.165) is 32.7 Å².